The number of methoxy groups -OCH3 is 1. The van der Waals surface area contributed by atoms with Crippen LogP contribution < -0.4 is 15.4 Å². The molecular formula is C26H32ClN3O6. The van der Waals surface area contributed by atoms with Crippen LogP contribution in [0, 0.1) is 5.92 Å². The maximum absolute atomic E-state index is 12.8. The zero-order valence-electron chi connectivity index (χ0n) is 20.4. The number of allylic oxidation sites excluding steroid dienone is 2. The van der Waals surface area contributed by atoms with Crippen LogP contribution in [-0.4, -0.2) is 67.8 Å². The maximum atomic E-state index is 12.8. The molecule has 36 heavy (non-hydrogen) atoms. The Morgan fingerprint density at radius 3 is 2.81 bits per heavy atom. The average Bonchev–Trinajstić information content (AvgIpc) is 3.25. The third-order valence-electron chi connectivity index (χ3n) is 6.55. The van der Waals surface area contributed by atoms with Gasteiger partial charge in [-0.3, -0.25) is 4.90 Å². The minimum atomic E-state index is -0.748. The summed E-state index contributed by atoms with van der Waals surface area (Å²) >= 11 is 6.29. The highest BCUT2D eigenvalue weighted by atomic mass is 35.5. The standard InChI is InChI=1S/C26H32ClN3O6/c1-3-35-26(33)30-12-10-20-21-14-17(27)6-9-22(21)29-23(20)24(30)16-4-7-19(8-5-16)36-13-11-18(31)15-28-25(32)34-2/h4-9,14,18,21-22,24,29,31H,3,10-13,15H2,1-2H3,(H,28,32)/t18?,21?,22?,24-/m0/s1. The zero-order valence-corrected chi connectivity index (χ0v) is 21.2. The van der Waals surface area contributed by atoms with Gasteiger partial charge in [-0.15, -0.1) is 0 Å². The van der Waals surface area contributed by atoms with Crippen LogP contribution in [0.15, 0.2) is 58.8 Å². The van der Waals surface area contributed by atoms with Crippen LogP contribution in [0.3, 0.4) is 0 Å². The van der Waals surface area contributed by atoms with E-state index in [1.54, 1.807) is 11.8 Å². The smallest absolute Gasteiger partial charge is 0.410 e. The largest absolute Gasteiger partial charge is 0.493 e. The number of hydrogen-bond acceptors (Lipinski definition) is 7. The van der Waals surface area contributed by atoms with E-state index in [4.69, 9.17) is 21.1 Å². The number of rotatable bonds is 8. The quantitative estimate of drug-likeness (QED) is 0.483. The lowest BCUT2D eigenvalue weighted by atomic mass is 9.85. The maximum Gasteiger partial charge on any atom is 0.410 e. The number of carbonyl (C=O) groups excluding carboxylic acids is 2. The van der Waals surface area contributed by atoms with Crippen molar-refractivity contribution in [3.63, 3.8) is 0 Å². The molecule has 1 aliphatic carbocycles. The highest BCUT2D eigenvalue weighted by molar-refractivity contribution is 6.31. The van der Waals surface area contributed by atoms with Crippen molar-refractivity contribution >= 4 is 23.8 Å². The second-order valence-electron chi connectivity index (χ2n) is 8.82. The predicted octanol–water partition coefficient (Wildman–Crippen LogP) is 3.61. The molecule has 0 saturated heterocycles. The summed E-state index contributed by atoms with van der Waals surface area (Å²) in [6.45, 7) is 3.03. The summed E-state index contributed by atoms with van der Waals surface area (Å²) < 4.78 is 15.6. The number of aliphatic hydroxyl groups excluding tert-OH is 1. The number of carbonyl (C=O) groups is 2. The van der Waals surface area contributed by atoms with E-state index >= 15 is 0 Å². The van der Waals surface area contributed by atoms with Gasteiger partial charge in [0.05, 0.1) is 32.5 Å². The van der Waals surface area contributed by atoms with Gasteiger partial charge in [0.1, 0.15) is 11.8 Å². The van der Waals surface area contributed by atoms with Crippen molar-refractivity contribution in [2.45, 2.75) is 38.0 Å². The number of fused-ring (bicyclic) bond motifs is 2. The summed E-state index contributed by atoms with van der Waals surface area (Å²) in [4.78, 5) is 25.7. The molecule has 10 heteroatoms. The van der Waals surface area contributed by atoms with E-state index < -0.39 is 12.2 Å². The Balaban J connectivity index is 1.46. The third kappa shape index (κ3) is 5.79. The fourth-order valence-electron chi connectivity index (χ4n) is 4.82. The number of hydrogen-bond donors (Lipinski definition) is 3. The summed E-state index contributed by atoms with van der Waals surface area (Å²) in [6.07, 6.45) is 5.47. The number of nitrogens with one attached hydrogen (secondary N) is 2. The topological polar surface area (TPSA) is 109 Å². The van der Waals surface area contributed by atoms with Gasteiger partial charge in [-0.2, -0.15) is 0 Å². The van der Waals surface area contributed by atoms with E-state index in [1.807, 2.05) is 30.3 Å². The molecule has 4 rings (SSSR count). The molecule has 9 nitrogen and oxygen atoms in total. The Labute approximate surface area is 215 Å². The fraction of sp³-hybridized carbons (Fsp3) is 0.462. The number of ether oxygens (including phenoxy) is 3. The van der Waals surface area contributed by atoms with Crippen LogP contribution in [-0.2, 0) is 9.47 Å². The molecule has 1 aromatic rings. The van der Waals surface area contributed by atoms with Gasteiger partial charge in [0, 0.05) is 36.2 Å². The van der Waals surface area contributed by atoms with Crippen LogP contribution >= 0.6 is 11.6 Å². The normalized spacial score (nSPS) is 23.2. The highest BCUT2D eigenvalue weighted by Crippen LogP contribution is 2.44. The van der Waals surface area contributed by atoms with Gasteiger partial charge in [0.2, 0.25) is 0 Å². The molecule has 4 atom stereocenters. The summed E-state index contributed by atoms with van der Waals surface area (Å²) in [5.41, 5.74) is 3.23. The lowest BCUT2D eigenvalue weighted by Gasteiger charge is -2.37. The van der Waals surface area contributed by atoms with E-state index in [9.17, 15) is 14.7 Å². The Morgan fingerprint density at radius 1 is 1.31 bits per heavy atom. The molecule has 0 aromatic heterocycles. The molecule has 0 saturated carbocycles. The Morgan fingerprint density at radius 2 is 2.08 bits per heavy atom. The summed E-state index contributed by atoms with van der Waals surface area (Å²) in [5.74, 6) is 0.817. The zero-order chi connectivity index (χ0) is 25.7. The molecule has 3 N–H and O–H groups in total. The Bertz CT molecular complexity index is 1050. The van der Waals surface area contributed by atoms with Crippen molar-refractivity contribution in [2.75, 3.05) is 33.4 Å². The van der Waals surface area contributed by atoms with Crippen molar-refractivity contribution in [1.82, 2.24) is 15.5 Å². The molecule has 2 amide bonds. The number of nitrogens with zero attached hydrogens (tertiary/aromatic N) is 1. The number of benzene rings is 1. The van der Waals surface area contributed by atoms with Crippen molar-refractivity contribution < 1.29 is 28.9 Å². The summed E-state index contributed by atoms with van der Waals surface area (Å²) in [6, 6.07) is 7.40. The Kier molecular flexibility index (Phi) is 8.43. The van der Waals surface area contributed by atoms with E-state index in [-0.39, 0.29) is 37.2 Å². The van der Waals surface area contributed by atoms with Gasteiger partial charge in [-0.25, -0.2) is 9.59 Å². The molecule has 1 aromatic carbocycles. The van der Waals surface area contributed by atoms with E-state index in [0.29, 0.717) is 25.3 Å². The highest BCUT2D eigenvalue weighted by Gasteiger charge is 2.43. The number of amides is 2. The van der Waals surface area contributed by atoms with Crippen LogP contribution in [0.5, 0.6) is 5.75 Å². The molecule has 0 spiro atoms. The number of alkyl carbamates (subject to hydrolysis) is 1. The molecule has 2 aliphatic heterocycles. The lowest BCUT2D eigenvalue weighted by Crippen LogP contribution is -2.42. The summed E-state index contributed by atoms with van der Waals surface area (Å²) in [5, 5.41) is 16.8. The first-order valence-corrected chi connectivity index (χ1v) is 12.5. The molecule has 0 bridgehead atoms. The summed E-state index contributed by atoms with van der Waals surface area (Å²) in [7, 11) is 1.27. The second-order valence-corrected chi connectivity index (χ2v) is 9.26. The van der Waals surface area contributed by atoms with Crippen molar-refractivity contribution in [3.05, 3.63) is 64.4 Å². The van der Waals surface area contributed by atoms with Crippen molar-refractivity contribution in [2.24, 2.45) is 5.92 Å². The molecule has 0 radical (unpaired) electrons. The minimum Gasteiger partial charge on any atom is -0.493 e. The van der Waals surface area contributed by atoms with Gasteiger partial charge >= 0.3 is 12.2 Å². The Hall–Kier alpha value is -3.17. The molecule has 3 unspecified atom stereocenters. The first kappa shape index (κ1) is 25.9. The molecular weight excluding hydrogens is 486 g/mol. The second kappa shape index (κ2) is 11.7. The van der Waals surface area contributed by atoms with Gasteiger partial charge in [-0.1, -0.05) is 35.9 Å². The molecule has 2 heterocycles. The average molecular weight is 518 g/mol. The van der Waals surface area contributed by atoms with Crippen molar-refractivity contribution in [3.8, 4) is 5.75 Å². The first-order valence-electron chi connectivity index (χ1n) is 12.1. The third-order valence-corrected chi connectivity index (χ3v) is 6.80. The molecule has 0 fully saturated rings. The van der Waals surface area contributed by atoms with Gasteiger partial charge in [0.15, 0.2) is 0 Å². The SMILES string of the molecule is CCOC(=O)N1CCC2=C(NC3C=CC(Cl)=CC23)[C@@H]1c1ccc(OCCC(O)CNC(=O)OC)cc1. The van der Waals surface area contributed by atoms with Crippen LogP contribution in [0.25, 0.3) is 0 Å². The van der Waals surface area contributed by atoms with Gasteiger partial charge in [-0.05, 0) is 42.7 Å². The van der Waals surface area contributed by atoms with Crippen LogP contribution in [0.4, 0.5) is 9.59 Å². The van der Waals surface area contributed by atoms with Gasteiger partial charge in [0.25, 0.3) is 0 Å². The van der Waals surface area contributed by atoms with Crippen molar-refractivity contribution in [1.29, 1.82) is 0 Å². The van der Waals surface area contributed by atoms with E-state index in [2.05, 4.69) is 27.5 Å². The number of halogens is 1. The van der Waals surface area contributed by atoms with Gasteiger partial charge < -0.3 is 30.0 Å². The lowest BCUT2D eigenvalue weighted by molar-refractivity contribution is 0.0922. The number of aliphatic hydroxyl groups is 1. The first-order chi connectivity index (χ1) is 17.4. The minimum absolute atomic E-state index is 0.0857. The van der Waals surface area contributed by atoms with E-state index in [0.717, 1.165) is 22.7 Å². The molecule has 194 valence electrons. The monoisotopic (exact) mass is 517 g/mol. The van der Waals surface area contributed by atoms with Crippen LogP contribution in [0.1, 0.15) is 31.4 Å². The van der Waals surface area contributed by atoms with Crippen LogP contribution in [0.2, 0.25) is 0 Å². The predicted molar refractivity (Wildman–Crippen MR) is 135 cm³/mol. The fourth-order valence-corrected chi connectivity index (χ4v) is 5.03. The molecule has 3 aliphatic rings. The van der Waals surface area contributed by atoms with E-state index in [1.165, 1.54) is 12.7 Å².